The Labute approximate surface area is 47.5 Å². The Morgan fingerprint density at radius 2 is 1.33 bits per heavy atom. The lowest BCUT2D eigenvalue weighted by atomic mass is 11.7. The number of carboxylic acid groups (broad SMARTS) is 1. The van der Waals surface area contributed by atoms with Gasteiger partial charge in [0.15, 0.2) is 0 Å². The zero-order valence-corrected chi connectivity index (χ0v) is 4.38. The van der Waals surface area contributed by atoms with Crippen LogP contribution in [0.15, 0.2) is 0 Å². The van der Waals surface area contributed by atoms with Gasteiger partial charge in [0.05, 0.1) is 0 Å². The Hall–Kier alpha value is 0.01000. The van der Waals surface area contributed by atoms with E-state index in [2.05, 4.69) is 0 Å². The molecular formula is CH6Cl2O3. The summed E-state index contributed by atoms with van der Waals surface area (Å²) in [4.78, 5) is 8.36. The van der Waals surface area contributed by atoms with Crippen molar-refractivity contribution in [1.82, 2.24) is 0 Å². The van der Waals surface area contributed by atoms with Crippen LogP contribution in [0.2, 0.25) is 0 Å². The molecule has 42 valence electrons. The van der Waals surface area contributed by atoms with Gasteiger partial charge in [0, 0.05) is 0 Å². The predicted octanol–water partition coefficient (Wildman–Crippen LogP) is -0.280. The molecule has 0 aliphatic rings. The second-order valence-electron chi connectivity index (χ2n) is 0.105. The summed E-state index contributed by atoms with van der Waals surface area (Å²) in [5.41, 5.74) is 0. The topological polar surface area (TPSA) is 68.8 Å². The molecule has 0 atom stereocenters. The van der Waals surface area contributed by atoms with E-state index in [-0.39, 0.29) is 36.8 Å². The Kier molecular flexibility index (Phi) is 491. The molecule has 0 unspecified atom stereocenters. The third kappa shape index (κ3) is 363000. The van der Waals surface area contributed by atoms with E-state index in [4.69, 9.17) is 9.90 Å². The quantitative estimate of drug-likeness (QED) is 0.466. The average Bonchev–Trinajstić information content (AvgIpc) is 0.918. The van der Waals surface area contributed by atoms with Gasteiger partial charge in [-0.1, -0.05) is 0 Å². The molecule has 0 saturated heterocycles. The first-order valence-electron chi connectivity index (χ1n) is 0.494. The highest BCUT2D eigenvalue weighted by Crippen LogP contribution is 0.966. The molecular weight excluding hydrogens is 131 g/mol. The number of rotatable bonds is 0. The van der Waals surface area contributed by atoms with Crippen LogP contribution in [0.1, 0.15) is 0 Å². The number of hydrogen-bond acceptors (Lipinski definition) is 1. The summed E-state index contributed by atoms with van der Waals surface area (Å²) in [7, 11) is 0. The lowest BCUT2D eigenvalue weighted by Crippen LogP contribution is -1.49. The Bertz CT molecular complexity index is 16.3. The van der Waals surface area contributed by atoms with Gasteiger partial charge >= 0.3 is 0 Å². The molecule has 6 heavy (non-hydrogen) atoms. The minimum Gasteiger partial charge on any atom is -0.483 e. The molecule has 0 aromatic carbocycles. The standard InChI is InChI=1S/CH2O2.2ClH.H2O/c2-1-3;;;/h1H,(H,2,3);2*1H;1H2. The minimum atomic E-state index is -0.250. The molecule has 0 radical (unpaired) electrons. The molecule has 0 aliphatic heterocycles. The highest BCUT2D eigenvalue weighted by molar-refractivity contribution is 5.85. The molecule has 3 N–H and O–H groups in total. The number of halogens is 2. The van der Waals surface area contributed by atoms with Crippen LogP contribution >= 0.6 is 24.8 Å². The fourth-order valence-corrected chi connectivity index (χ4v) is 0. The van der Waals surface area contributed by atoms with Gasteiger partial charge in [-0.15, -0.1) is 24.8 Å². The van der Waals surface area contributed by atoms with Crippen molar-refractivity contribution < 1.29 is 15.4 Å². The number of carbonyl (C=O) groups is 1. The Morgan fingerprint density at radius 1 is 1.33 bits per heavy atom. The molecule has 0 saturated carbocycles. The van der Waals surface area contributed by atoms with Crippen LogP contribution in [-0.4, -0.2) is 17.1 Å². The first kappa shape index (κ1) is 37.3. The summed E-state index contributed by atoms with van der Waals surface area (Å²) in [6, 6.07) is 0. The van der Waals surface area contributed by atoms with Gasteiger partial charge in [-0.25, -0.2) is 0 Å². The van der Waals surface area contributed by atoms with Crippen molar-refractivity contribution in [2.75, 3.05) is 0 Å². The van der Waals surface area contributed by atoms with Crippen LogP contribution in [0, 0.1) is 0 Å². The van der Waals surface area contributed by atoms with Crippen LogP contribution in [0.5, 0.6) is 0 Å². The maximum atomic E-state index is 8.36. The molecule has 0 bridgehead atoms. The molecule has 0 aromatic rings. The fourth-order valence-electron chi connectivity index (χ4n) is 0. The van der Waals surface area contributed by atoms with E-state index in [1.54, 1.807) is 0 Å². The van der Waals surface area contributed by atoms with Crippen LogP contribution in [-0.2, 0) is 4.79 Å². The average molecular weight is 137 g/mol. The molecule has 0 aromatic heterocycles. The molecule has 0 spiro atoms. The monoisotopic (exact) mass is 136 g/mol. The molecule has 0 amide bonds. The fraction of sp³-hybridized carbons (Fsp3) is 0. The summed E-state index contributed by atoms with van der Waals surface area (Å²) in [6.45, 7) is -0.250. The van der Waals surface area contributed by atoms with Gasteiger partial charge in [0.25, 0.3) is 6.47 Å². The summed E-state index contributed by atoms with van der Waals surface area (Å²) in [5, 5.41) is 6.89. The number of hydrogen-bond donors (Lipinski definition) is 1. The Morgan fingerprint density at radius 3 is 1.33 bits per heavy atom. The maximum Gasteiger partial charge on any atom is 0.290 e. The second-order valence-corrected chi connectivity index (χ2v) is 0.105. The normalized spacial score (nSPS) is 2.00. The largest absolute Gasteiger partial charge is 0.483 e. The van der Waals surface area contributed by atoms with Crippen molar-refractivity contribution in [2.45, 2.75) is 0 Å². The third-order valence-electron chi connectivity index (χ3n) is 0. The van der Waals surface area contributed by atoms with Gasteiger partial charge in [0.2, 0.25) is 0 Å². The summed E-state index contributed by atoms with van der Waals surface area (Å²) < 4.78 is 0. The van der Waals surface area contributed by atoms with E-state index in [0.717, 1.165) is 0 Å². The molecule has 0 heterocycles. The summed E-state index contributed by atoms with van der Waals surface area (Å²) >= 11 is 0. The van der Waals surface area contributed by atoms with Crippen molar-refractivity contribution in [3.63, 3.8) is 0 Å². The lowest BCUT2D eigenvalue weighted by Gasteiger charge is -1.34. The lowest BCUT2D eigenvalue weighted by molar-refractivity contribution is -0.122. The SMILES string of the molecule is Cl.Cl.O.O=CO. The first-order chi connectivity index (χ1) is 1.41. The maximum absolute atomic E-state index is 8.36. The molecule has 0 fully saturated rings. The highest BCUT2D eigenvalue weighted by atomic mass is 35.5. The molecule has 0 rings (SSSR count). The zero-order valence-electron chi connectivity index (χ0n) is 2.75. The van der Waals surface area contributed by atoms with Crippen molar-refractivity contribution in [2.24, 2.45) is 0 Å². The van der Waals surface area contributed by atoms with Crippen molar-refractivity contribution in [3.8, 4) is 0 Å². The zero-order chi connectivity index (χ0) is 2.71. The Balaban J connectivity index is -0.00000000667. The predicted molar refractivity (Wildman–Crippen MR) is 26.8 cm³/mol. The molecule has 0 aliphatic carbocycles. The second kappa shape index (κ2) is 79.0. The summed E-state index contributed by atoms with van der Waals surface area (Å²) in [5.74, 6) is 0. The van der Waals surface area contributed by atoms with Crippen LogP contribution in [0.25, 0.3) is 0 Å². The van der Waals surface area contributed by atoms with E-state index < -0.39 is 0 Å². The van der Waals surface area contributed by atoms with Gasteiger partial charge < -0.3 is 10.6 Å². The van der Waals surface area contributed by atoms with E-state index in [1.807, 2.05) is 0 Å². The van der Waals surface area contributed by atoms with Crippen LogP contribution in [0.3, 0.4) is 0 Å². The van der Waals surface area contributed by atoms with Gasteiger partial charge in [-0.2, -0.15) is 0 Å². The van der Waals surface area contributed by atoms with Gasteiger partial charge in [0.1, 0.15) is 0 Å². The first-order valence-corrected chi connectivity index (χ1v) is 0.494. The van der Waals surface area contributed by atoms with Crippen molar-refractivity contribution in [3.05, 3.63) is 0 Å². The van der Waals surface area contributed by atoms with Crippen molar-refractivity contribution >= 4 is 31.3 Å². The van der Waals surface area contributed by atoms with E-state index in [1.165, 1.54) is 0 Å². The van der Waals surface area contributed by atoms with Crippen LogP contribution in [0.4, 0.5) is 0 Å². The summed E-state index contributed by atoms with van der Waals surface area (Å²) in [6.07, 6.45) is 0. The minimum absolute atomic E-state index is 0. The van der Waals surface area contributed by atoms with E-state index in [0.29, 0.717) is 0 Å². The van der Waals surface area contributed by atoms with Gasteiger partial charge in [-0.3, -0.25) is 4.79 Å². The van der Waals surface area contributed by atoms with Crippen molar-refractivity contribution in [1.29, 1.82) is 0 Å². The van der Waals surface area contributed by atoms with Gasteiger partial charge in [-0.05, 0) is 0 Å². The van der Waals surface area contributed by atoms with Crippen LogP contribution < -0.4 is 0 Å². The van der Waals surface area contributed by atoms with E-state index in [9.17, 15) is 0 Å². The highest BCUT2D eigenvalue weighted by Gasteiger charge is 1.22. The third-order valence-corrected chi connectivity index (χ3v) is 0. The van der Waals surface area contributed by atoms with E-state index >= 15 is 0 Å². The molecule has 5 heteroatoms. The molecule has 3 nitrogen and oxygen atoms in total. The smallest absolute Gasteiger partial charge is 0.290 e.